The average Bonchev–Trinajstić information content (AvgIpc) is 3.65. The number of carbonyl (C=O) groups is 2. The number of nitrogens with one attached hydrogen (secondary N) is 1. The molecule has 8 heteroatoms. The highest BCUT2D eigenvalue weighted by Crippen LogP contribution is 2.40. The summed E-state index contributed by atoms with van der Waals surface area (Å²) >= 11 is 0. The van der Waals surface area contributed by atoms with Crippen molar-refractivity contribution in [2.75, 3.05) is 18.0 Å². The lowest BCUT2D eigenvalue weighted by Gasteiger charge is -2.30. The van der Waals surface area contributed by atoms with Gasteiger partial charge in [-0.1, -0.05) is 30.3 Å². The van der Waals surface area contributed by atoms with Gasteiger partial charge in [0, 0.05) is 43.2 Å². The van der Waals surface area contributed by atoms with Gasteiger partial charge >= 0.3 is 0 Å². The van der Waals surface area contributed by atoms with E-state index >= 15 is 0 Å². The number of benzene rings is 2. The topological polar surface area (TPSA) is 86.8 Å². The number of fused-ring (bicyclic) bond motifs is 1. The van der Waals surface area contributed by atoms with Gasteiger partial charge in [-0.05, 0) is 68.4 Å². The zero-order chi connectivity index (χ0) is 23.9. The molecular weight excluding hydrogens is 450 g/mol. The molecule has 1 atom stereocenters. The molecule has 0 bridgehead atoms. The van der Waals surface area contributed by atoms with Crippen LogP contribution in [0.4, 0.5) is 5.69 Å². The van der Waals surface area contributed by atoms with Gasteiger partial charge in [0.25, 0.3) is 0 Å². The van der Waals surface area contributed by atoms with Crippen LogP contribution in [0.5, 0.6) is 0 Å². The fraction of sp³-hybridized carbons (Fsp3) is 0.462. The molecule has 2 amide bonds. The molecule has 180 valence electrons. The third-order valence-corrected chi connectivity index (χ3v) is 9.10. The molecular formula is C26H31N3O4S. The van der Waals surface area contributed by atoms with Crippen LogP contribution >= 0.6 is 0 Å². The summed E-state index contributed by atoms with van der Waals surface area (Å²) in [6.07, 6.45) is 3.58. The van der Waals surface area contributed by atoms with Crippen molar-refractivity contribution < 1.29 is 18.0 Å². The molecule has 0 radical (unpaired) electrons. The molecule has 1 aliphatic carbocycles. The Hall–Kier alpha value is -2.71. The first-order valence-electron chi connectivity index (χ1n) is 12.1. The highest BCUT2D eigenvalue weighted by Gasteiger charge is 2.40. The fourth-order valence-corrected chi connectivity index (χ4v) is 6.59. The van der Waals surface area contributed by atoms with Crippen LogP contribution in [0.1, 0.15) is 43.7 Å². The van der Waals surface area contributed by atoms with Crippen molar-refractivity contribution >= 4 is 27.5 Å². The molecule has 1 saturated carbocycles. The number of amides is 2. The lowest BCUT2D eigenvalue weighted by Crippen LogP contribution is -2.42. The van der Waals surface area contributed by atoms with Crippen molar-refractivity contribution in [2.45, 2.75) is 56.5 Å². The molecule has 2 heterocycles. The highest BCUT2D eigenvalue weighted by molar-refractivity contribution is 7.89. The first-order chi connectivity index (χ1) is 16.3. The van der Waals surface area contributed by atoms with E-state index in [-0.39, 0.29) is 34.6 Å². The van der Waals surface area contributed by atoms with Gasteiger partial charge in [-0.25, -0.2) is 8.42 Å². The van der Waals surface area contributed by atoms with E-state index in [1.54, 1.807) is 18.2 Å². The molecule has 34 heavy (non-hydrogen) atoms. The van der Waals surface area contributed by atoms with E-state index in [2.05, 4.69) is 5.32 Å². The second kappa shape index (κ2) is 9.15. The van der Waals surface area contributed by atoms with Crippen LogP contribution in [0.25, 0.3) is 0 Å². The Morgan fingerprint density at radius 2 is 1.68 bits per heavy atom. The molecule has 0 aromatic heterocycles. The molecule has 7 nitrogen and oxygen atoms in total. The molecule has 0 spiro atoms. The van der Waals surface area contributed by atoms with Gasteiger partial charge in [-0.3, -0.25) is 9.59 Å². The van der Waals surface area contributed by atoms with Crippen molar-refractivity contribution in [3.63, 3.8) is 0 Å². The molecule has 2 aromatic rings. The third-order valence-electron chi connectivity index (χ3n) is 7.20. The monoisotopic (exact) mass is 481 g/mol. The minimum absolute atomic E-state index is 0.0205. The van der Waals surface area contributed by atoms with Crippen LogP contribution in [0.15, 0.2) is 53.4 Å². The normalized spacial score (nSPS) is 21.3. The van der Waals surface area contributed by atoms with E-state index in [4.69, 9.17) is 0 Å². The van der Waals surface area contributed by atoms with E-state index in [0.29, 0.717) is 38.9 Å². The van der Waals surface area contributed by atoms with E-state index < -0.39 is 10.0 Å². The van der Waals surface area contributed by atoms with Crippen LogP contribution in [0.3, 0.4) is 0 Å². The standard InChI is InChI=1S/C26H31N3O4S/c1-18-15-22-16-23(9-10-24(22)29(18)26(31)21-7-8-21)34(32,33)28-13-11-20(12-14-28)25(30)27-17-19-5-3-2-4-6-19/h2-6,9-10,16,18,20-21H,7-8,11-15,17H2,1H3,(H,27,30). The third kappa shape index (κ3) is 4.49. The Morgan fingerprint density at radius 1 is 0.971 bits per heavy atom. The van der Waals surface area contributed by atoms with Gasteiger partial charge < -0.3 is 10.2 Å². The number of carbonyl (C=O) groups excluding carboxylic acids is 2. The minimum Gasteiger partial charge on any atom is -0.352 e. The molecule has 5 rings (SSSR count). The van der Waals surface area contributed by atoms with Gasteiger partial charge in [-0.15, -0.1) is 0 Å². The van der Waals surface area contributed by atoms with Crippen LogP contribution < -0.4 is 10.2 Å². The van der Waals surface area contributed by atoms with Crippen LogP contribution in [-0.2, 0) is 32.6 Å². The summed E-state index contributed by atoms with van der Waals surface area (Å²) in [5.74, 6) is 0.0864. The quantitative estimate of drug-likeness (QED) is 0.687. The first-order valence-corrected chi connectivity index (χ1v) is 13.6. The Bertz CT molecular complexity index is 1190. The predicted octanol–water partition coefficient (Wildman–Crippen LogP) is 3.09. The summed E-state index contributed by atoms with van der Waals surface area (Å²) < 4.78 is 28.2. The Balaban J connectivity index is 1.22. The summed E-state index contributed by atoms with van der Waals surface area (Å²) in [6, 6.07) is 14.9. The maximum absolute atomic E-state index is 13.3. The fourth-order valence-electron chi connectivity index (χ4n) is 5.07. The smallest absolute Gasteiger partial charge is 0.243 e. The largest absolute Gasteiger partial charge is 0.352 e. The van der Waals surface area contributed by atoms with Crippen LogP contribution in [-0.4, -0.2) is 43.7 Å². The second-order valence-corrected chi connectivity index (χ2v) is 11.6. The van der Waals surface area contributed by atoms with Crippen molar-refractivity contribution in [1.29, 1.82) is 0 Å². The van der Waals surface area contributed by atoms with Gasteiger partial charge in [0.1, 0.15) is 0 Å². The van der Waals surface area contributed by atoms with E-state index in [1.165, 1.54) is 4.31 Å². The number of sulfonamides is 1. The van der Waals surface area contributed by atoms with Gasteiger partial charge in [0.2, 0.25) is 21.8 Å². The van der Waals surface area contributed by atoms with Crippen LogP contribution in [0.2, 0.25) is 0 Å². The predicted molar refractivity (Wildman–Crippen MR) is 130 cm³/mol. The van der Waals surface area contributed by atoms with Crippen molar-refractivity contribution in [3.8, 4) is 0 Å². The summed E-state index contributed by atoms with van der Waals surface area (Å²) in [5, 5.41) is 2.97. The molecule has 2 aliphatic heterocycles. The van der Waals surface area contributed by atoms with Crippen molar-refractivity contribution in [2.24, 2.45) is 11.8 Å². The molecule has 1 unspecified atom stereocenters. The van der Waals surface area contributed by atoms with E-state index in [0.717, 1.165) is 29.7 Å². The van der Waals surface area contributed by atoms with Crippen molar-refractivity contribution in [1.82, 2.24) is 9.62 Å². The molecule has 2 fully saturated rings. The number of hydrogen-bond acceptors (Lipinski definition) is 4. The number of anilines is 1. The first kappa shape index (κ1) is 23.1. The molecule has 2 aromatic carbocycles. The van der Waals surface area contributed by atoms with Crippen LogP contribution in [0, 0.1) is 11.8 Å². The summed E-state index contributed by atoms with van der Waals surface area (Å²) in [5.41, 5.74) is 2.80. The SMILES string of the molecule is CC1Cc2cc(S(=O)(=O)N3CCC(C(=O)NCc4ccccc4)CC3)ccc2N1C(=O)C1CC1. The summed E-state index contributed by atoms with van der Waals surface area (Å²) in [4.78, 5) is 27.4. The lowest BCUT2D eigenvalue weighted by atomic mass is 9.97. The molecule has 3 aliphatic rings. The lowest BCUT2D eigenvalue weighted by molar-refractivity contribution is -0.126. The number of nitrogens with zero attached hydrogens (tertiary/aromatic N) is 2. The maximum atomic E-state index is 13.3. The molecule has 1 saturated heterocycles. The Labute approximate surface area is 201 Å². The molecule has 1 N–H and O–H groups in total. The minimum atomic E-state index is -3.65. The number of rotatable bonds is 6. The number of hydrogen-bond donors (Lipinski definition) is 1. The Morgan fingerprint density at radius 3 is 2.35 bits per heavy atom. The summed E-state index contributed by atoms with van der Waals surface area (Å²) in [7, 11) is -3.65. The average molecular weight is 482 g/mol. The highest BCUT2D eigenvalue weighted by atomic mass is 32.2. The van der Waals surface area contributed by atoms with Crippen molar-refractivity contribution in [3.05, 3.63) is 59.7 Å². The zero-order valence-electron chi connectivity index (χ0n) is 19.4. The number of piperidine rings is 1. The van der Waals surface area contributed by atoms with Gasteiger partial charge in [0.15, 0.2) is 0 Å². The summed E-state index contributed by atoms with van der Waals surface area (Å²) in [6.45, 7) is 3.14. The maximum Gasteiger partial charge on any atom is 0.243 e. The zero-order valence-corrected chi connectivity index (χ0v) is 20.3. The van der Waals surface area contributed by atoms with Gasteiger partial charge in [-0.2, -0.15) is 4.31 Å². The van der Waals surface area contributed by atoms with Gasteiger partial charge in [0.05, 0.1) is 4.90 Å². The van der Waals surface area contributed by atoms with E-state index in [9.17, 15) is 18.0 Å². The second-order valence-electron chi connectivity index (χ2n) is 9.71. The Kier molecular flexibility index (Phi) is 6.20. The van der Waals surface area contributed by atoms with E-state index in [1.807, 2.05) is 42.2 Å².